The second kappa shape index (κ2) is 10.2. The maximum absolute atomic E-state index is 13.6. The lowest BCUT2D eigenvalue weighted by molar-refractivity contribution is -0.190. The van der Waals surface area contributed by atoms with Gasteiger partial charge < -0.3 is 9.64 Å². The molecule has 2 unspecified atom stereocenters. The molecule has 4 bridgehead atoms. The topological polar surface area (TPSA) is 106 Å². The van der Waals surface area contributed by atoms with E-state index in [1.165, 1.54) is 16.8 Å². The van der Waals surface area contributed by atoms with Crippen molar-refractivity contribution in [1.29, 1.82) is 0 Å². The first-order valence-corrected chi connectivity index (χ1v) is 16.9. The number of benzene rings is 1. The number of nitrogens with one attached hydrogen (secondary N) is 1. The lowest BCUT2D eigenvalue weighted by Crippen LogP contribution is -2.41. The van der Waals surface area contributed by atoms with Crippen molar-refractivity contribution < 1.29 is 31.1 Å². The van der Waals surface area contributed by atoms with Crippen LogP contribution in [0, 0.1) is 16.7 Å². The number of aromatic nitrogens is 3. The average molecular weight is 644 g/mol. The molecule has 2 saturated carbocycles. The van der Waals surface area contributed by atoms with Crippen molar-refractivity contribution in [2.45, 2.75) is 81.8 Å². The molecular weight excluding hydrogens is 607 g/mol. The van der Waals surface area contributed by atoms with E-state index in [0.29, 0.717) is 24.1 Å². The predicted octanol–water partition coefficient (Wildman–Crippen LogP) is 5.83. The van der Waals surface area contributed by atoms with Crippen molar-refractivity contribution in [2.75, 3.05) is 18.1 Å². The van der Waals surface area contributed by atoms with Crippen molar-refractivity contribution in [3.05, 3.63) is 59.8 Å². The zero-order valence-electron chi connectivity index (χ0n) is 25.2. The molecule has 3 aliphatic heterocycles. The lowest BCUT2D eigenvalue weighted by atomic mass is 9.91. The summed E-state index contributed by atoms with van der Waals surface area (Å²) in [5.74, 6) is 0.662. The Morgan fingerprint density at radius 1 is 1.09 bits per heavy atom. The molecule has 1 amide bonds. The minimum absolute atomic E-state index is 0.00689. The number of hydrogen-bond acceptors (Lipinski definition) is 7. The maximum atomic E-state index is 13.6. The van der Waals surface area contributed by atoms with Gasteiger partial charge in [0.25, 0.3) is 15.9 Å². The number of carbonyl (C=O) groups is 1. The van der Waals surface area contributed by atoms with Crippen LogP contribution in [0.2, 0.25) is 0 Å². The number of alkyl halides is 3. The Morgan fingerprint density at radius 2 is 1.84 bits per heavy atom. The van der Waals surface area contributed by atoms with Gasteiger partial charge in [-0.2, -0.15) is 13.2 Å². The molecule has 45 heavy (non-hydrogen) atoms. The van der Waals surface area contributed by atoms with Gasteiger partial charge in [0.2, 0.25) is 5.88 Å². The molecule has 1 N–H and O–H groups in total. The van der Waals surface area contributed by atoms with Crippen LogP contribution in [0.5, 0.6) is 5.88 Å². The van der Waals surface area contributed by atoms with Gasteiger partial charge in [0, 0.05) is 24.3 Å². The summed E-state index contributed by atoms with van der Waals surface area (Å²) in [5, 5.41) is 4.38. The van der Waals surface area contributed by atoms with Gasteiger partial charge in [-0.05, 0) is 106 Å². The highest BCUT2D eigenvalue weighted by Crippen LogP contribution is 2.65. The number of rotatable bonds is 5. The SMILES string of the molecule is CC1(C)CC23CC2CCCc2ccc(cc2)S(=O)(=O)NC(=O)c2ccc(-n4ccc(OCCC5(C(F)(F)F)CC5)n4)nc2N1C3. The number of sulfonamides is 1. The number of fused-ring (bicyclic) bond motifs is 6. The average Bonchev–Trinajstić information content (AvgIpc) is 3.81. The van der Waals surface area contributed by atoms with Gasteiger partial charge in [0.1, 0.15) is 5.82 Å². The molecule has 13 heteroatoms. The fourth-order valence-electron chi connectivity index (χ4n) is 7.42. The van der Waals surface area contributed by atoms with Gasteiger partial charge in [-0.3, -0.25) is 4.79 Å². The maximum Gasteiger partial charge on any atom is 0.394 e. The van der Waals surface area contributed by atoms with Crippen LogP contribution in [0.25, 0.3) is 5.82 Å². The molecule has 5 heterocycles. The molecule has 1 aromatic carbocycles. The van der Waals surface area contributed by atoms with E-state index >= 15 is 0 Å². The van der Waals surface area contributed by atoms with Crippen LogP contribution < -0.4 is 14.4 Å². The normalized spacial score (nSPS) is 26.1. The fourth-order valence-corrected chi connectivity index (χ4v) is 8.38. The van der Waals surface area contributed by atoms with E-state index in [9.17, 15) is 26.4 Å². The van der Waals surface area contributed by atoms with Crippen LogP contribution in [-0.4, -0.2) is 54.0 Å². The first kappa shape index (κ1) is 30.1. The number of anilines is 1. The second-order valence-corrected chi connectivity index (χ2v) is 15.5. The standard InChI is InChI=1S/C32H36F3N5O4S/c1-29(2)19-30-18-22(30)5-3-4-21-6-8-23(9-7-21)45(42,43)38-28(41)24-10-11-25(36-27(24)39(29)20-30)40-16-12-26(37-40)44-17-15-31(13-14-31)32(33,34)35/h6-12,16,22H,3-5,13-15,17-20H2,1-2H3,(H,38,41). The van der Waals surface area contributed by atoms with Crippen LogP contribution in [0.3, 0.4) is 0 Å². The number of amides is 1. The third-order valence-electron chi connectivity index (χ3n) is 10.3. The number of halogens is 3. The Hall–Kier alpha value is -3.61. The van der Waals surface area contributed by atoms with Crippen molar-refractivity contribution in [2.24, 2.45) is 16.7 Å². The Labute approximate surface area is 260 Å². The van der Waals surface area contributed by atoms with E-state index in [4.69, 9.17) is 9.72 Å². The monoisotopic (exact) mass is 643 g/mol. The Kier molecular flexibility index (Phi) is 6.81. The fraction of sp³-hybridized carbons (Fsp3) is 0.531. The molecule has 2 aromatic heterocycles. The molecule has 2 aliphatic carbocycles. The molecule has 3 fully saturated rings. The van der Waals surface area contributed by atoms with E-state index in [-0.39, 0.29) is 53.2 Å². The summed E-state index contributed by atoms with van der Waals surface area (Å²) in [6.07, 6.45) is 2.41. The molecule has 240 valence electrons. The van der Waals surface area contributed by atoms with E-state index in [1.54, 1.807) is 36.5 Å². The van der Waals surface area contributed by atoms with Gasteiger partial charge in [0.15, 0.2) is 5.82 Å². The van der Waals surface area contributed by atoms with E-state index in [1.807, 2.05) is 0 Å². The smallest absolute Gasteiger partial charge is 0.394 e. The molecule has 1 saturated heterocycles. The largest absolute Gasteiger partial charge is 0.477 e. The predicted molar refractivity (Wildman–Crippen MR) is 160 cm³/mol. The van der Waals surface area contributed by atoms with Gasteiger partial charge in [-0.1, -0.05) is 12.1 Å². The quantitative estimate of drug-likeness (QED) is 0.373. The number of hydrogen-bond donors (Lipinski definition) is 1. The summed E-state index contributed by atoms with van der Waals surface area (Å²) in [4.78, 5) is 20.6. The molecule has 0 radical (unpaired) electrons. The number of pyridine rings is 1. The Morgan fingerprint density at radius 3 is 2.56 bits per heavy atom. The highest BCUT2D eigenvalue weighted by molar-refractivity contribution is 7.90. The minimum atomic E-state index is -4.24. The van der Waals surface area contributed by atoms with Gasteiger partial charge in [-0.15, -0.1) is 5.10 Å². The van der Waals surface area contributed by atoms with E-state index in [0.717, 1.165) is 37.7 Å². The van der Waals surface area contributed by atoms with Crippen LogP contribution in [0.15, 0.2) is 53.6 Å². The number of ether oxygens (including phenoxy) is 1. The molecule has 3 aromatic rings. The highest BCUT2D eigenvalue weighted by atomic mass is 32.2. The molecule has 8 rings (SSSR count). The van der Waals surface area contributed by atoms with Crippen molar-refractivity contribution in [1.82, 2.24) is 19.5 Å². The lowest BCUT2D eigenvalue weighted by Gasteiger charge is -2.33. The van der Waals surface area contributed by atoms with Crippen LogP contribution in [0.4, 0.5) is 19.0 Å². The van der Waals surface area contributed by atoms with Crippen LogP contribution in [-0.2, 0) is 16.4 Å². The molecule has 9 nitrogen and oxygen atoms in total. The van der Waals surface area contributed by atoms with E-state index < -0.39 is 27.5 Å². The van der Waals surface area contributed by atoms with Crippen molar-refractivity contribution in [3.8, 4) is 11.7 Å². The molecule has 1 spiro atoms. The Balaban J connectivity index is 1.20. The number of nitrogens with zero attached hydrogens (tertiary/aromatic N) is 4. The first-order valence-electron chi connectivity index (χ1n) is 15.4. The summed E-state index contributed by atoms with van der Waals surface area (Å²) in [6.45, 7) is 4.81. The highest BCUT2D eigenvalue weighted by Gasteiger charge is 2.63. The Bertz CT molecular complexity index is 1750. The van der Waals surface area contributed by atoms with Crippen LogP contribution >= 0.6 is 0 Å². The van der Waals surface area contributed by atoms with Crippen LogP contribution in [0.1, 0.15) is 74.7 Å². The zero-order valence-corrected chi connectivity index (χ0v) is 26.0. The van der Waals surface area contributed by atoms with Gasteiger partial charge in [-0.25, -0.2) is 22.8 Å². The van der Waals surface area contributed by atoms with Gasteiger partial charge >= 0.3 is 6.18 Å². The third-order valence-corrected chi connectivity index (χ3v) is 11.6. The summed E-state index contributed by atoms with van der Waals surface area (Å²) < 4.78 is 75.6. The summed E-state index contributed by atoms with van der Waals surface area (Å²) in [7, 11) is -4.14. The number of carbonyl (C=O) groups excluding carboxylic acids is 1. The van der Waals surface area contributed by atoms with Gasteiger partial charge in [0.05, 0.1) is 22.5 Å². The molecule has 5 aliphatic rings. The summed E-state index contributed by atoms with van der Waals surface area (Å²) >= 11 is 0. The second-order valence-electron chi connectivity index (χ2n) is 13.8. The van der Waals surface area contributed by atoms with Crippen molar-refractivity contribution >= 4 is 21.7 Å². The number of aryl methyl sites for hydroxylation is 1. The van der Waals surface area contributed by atoms with E-state index in [2.05, 4.69) is 28.6 Å². The summed E-state index contributed by atoms with van der Waals surface area (Å²) in [5.41, 5.74) is -0.721. The minimum Gasteiger partial charge on any atom is -0.477 e. The first-order chi connectivity index (χ1) is 21.2. The summed E-state index contributed by atoms with van der Waals surface area (Å²) in [6, 6.07) is 11.3. The zero-order chi connectivity index (χ0) is 31.8. The molecule has 2 atom stereocenters. The third kappa shape index (κ3) is 5.46. The molecular formula is C32H36F3N5O4S. The van der Waals surface area contributed by atoms with Crippen molar-refractivity contribution in [3.63, 3.8) is 0 Å².